The van der Waals surface area contributed by atoms with Gasteiger partial charge in [-0.3, -0.25) is 0 Å². The average molecular weight is 221 g/mol. The van der Waals surface area contributed by atoms with Crippen molar-refractivity contribution in [1.29, 1.82) is 0 Å². The Kier molecular flexibility index (Phi) is 3.93. The quantitative estimate of drug-likeness (QED) is 0.778. The summed E-state index contributed by atoms with van der Waals surface area (Å²) < 4.78 is 0. The number of aliphatic hydroxyl groups excluding tert-OH is 2. The zero-order valence-corrected chi connectivity index (χ0v) is 9.47. The standard InChI is InChI=1S/C13H19NO2/c15-10-13(16)9-14-7-5-11-3-1-2-4-12(11)6-8-14/h1-4,13,15-16H,5-10H2. The fourth-order valence-electron chi connectivity index (χ4n) is 2.25. The minimum absolute atomic E-state index is 0.149. The van der Waals surface area contributed by atoms with Crippen molar-refractivity contribution in [3.05, 3.63) is 35.4 Å². The van der Waals surface area contributed by atoms with E-state index < -0.39 is 6.10 Å². The van der Waals surface area contributed by atoms with E-state index in [9.17, 15) is 5.11 Å². The maximum Gasteiger partial charge on any atom is 0.0897 e. The Labute approximate surface area is 96.3 Å². The maximum absolute atomic E-state index is 9.43. The Balaban J connectivity index is 1.97. The molecule has 2 rings (SSSR count). The van der Waals surface area contributed by atoms with Gasteiger partial charge in [-0.25, -0.2) is 0 Å². The number of hydrogen-bond acceptors (Lipinski definition) is 3. The molecule has 1 aliphatic rings. The van der Waals surface area contributed by atoms with Gasteiger partial charge >= 0.3 is 0 Å². The van der Waals surface area contributed by atoms with E-state index in [1.165, 1.54) is 11.1 Å². The number of rotatable bonds is 3. The van der Waals surface area contributed by atoms with Gasteiger partial charge in [-0.2, -0.15) is 0 Å². The van der Waals surface area contributed by atoms with Gasteiger partial charge < -0.3 is 15.1 Å². The van der Waals surface area contributed by atoms with Crippen LogP contribution in [-0.4, -0.2) is 47.5 Å². The second-order valence-electron chi connectivity index (χ2n) is 4.41. The number of fused-ring (bicyclic) bond motifs is 1. The van der Waals surface area contributed by atoms with Crippen LogP contribution >= 0.6 is 0 Å². The molecule has 1 aromatic carbocycles. The fraction of sp³-hybridized carbons (Fsp3) is 0.538. The Morgan fingerprint density at radius 2 is 1.69 bits per heavy atom. The molecule has 0 aromatic heterocycles. The minimum atomic E-state index is -0.610. The van der Waals surface area contributed by atoms with Crippen LogP contribution in [0.5, 0.6) is 0 Å². The second kappa shape index (κ2) is 5.43. The van der Waals surface area contributed by atoms with Crippen LogP contribution in [0.1, 0.15) is 11.1 Å². The zero-order chi connectivity index (χ0) is 11.4. The third-order valence-corrected chi connectivity index (χ3v) is 3.19. The van der Waals surface area contributed by atoms with Crippen LogP contribution in [0.4, 0.5) is 0 Å². The molecule has 0 bridgehead atoms. The van der Waals surface area contributed by atoms with Crippen molar-refractivity contribution in [3.8, 4) is 0 Å². The first-order chi connectivity index (χ1) is 7.79. The molecule has 2 N–H and O–H groups in total. The van der Waals surface area contributed by atoms with Gasteiger partial charge in [0.2, 0.25) is 0 Å². The Morgan fingerprint density at radius 1 is 1.12 bits per heavy atom. The van der Waals surface area contributed by atoms with Gasteiger partial charge in [0, 0.05) is 19.6 Å². The monoisotopic (exact) mass is 221 g/mol. The van der Waals surface area contributed by atoms with Crippen LogP contribution < -0.4 is 0 Å². The Bertz CT molecular complexity index is 313. The van der Waals surface area contributed by atoms with Crippen molar-refractivity contribution in [1.82, 2.24) is 4.90 Å². The molecule has 0 fully saturated rings. The fourth-order valence-corrected chi connectivity index (χ4v) is 2.25. The summed E-state index contributed by atoms with van der Waals surface area (Å²) in [6.45, 7) is 2.36. The number of benzene rings is 1. The molecule has 88 valence electrons. The number of nitrogens with zero attached hydrogens (tertiary/aromatic N) is 1. The Hall–Kier alpha value is -0.900. The highest BCUT2D eigenvalue weighted by Crippen LogP contribution is 2.15. The molecule has 0 spiro atoms. The SMILES string of the molecule is OCC(O)CN1CCc2ccccc2CC1. The summed E-state index contributed by atoms with van der Waals surface area (Å²) in [6.07, 6.45) is 1.46. The smallest absolute Gasteiger partial charge is 0.0897 e. The van der Waals surface area contributed by atoms with E-state index >= 15 is 0 Å². The molecule has 0 amide bonds. The van der Waals surface area contributed by atoms with E-state index in [-0.39, 0.29) is 6.61 Å². The van der Waals surface area contributed by atoms with Gasteiger partial charge in [0.1, 0.15) is 0 Å². The summed E-state index contributed by atoms with van der Waals surface area (Å²) in [7, 11) is 0. The lowest BCUT2D eigenvalue weighted by Crippen LogP contribution is -2.35. The highest BCUT2D eigenvalue weighted by atomic mass is 16.3. The van der Waals surface area contributed by atoms with Crippen LogP contribution in [0.15, 0.2) is 24.3 Å². The van der Waals surface area contributed by atoms with Gasteiger partial charge in [0.15, 0.2) is 0 Å². The van der Waals surface area contributed by atoms with Crippen LogP contribution in [0.25, 0.3) is 0 Å². The van der Waals surface area contributed by atoms with Crippen LogP contribution in [0, 0.1) is 0 Å². The van der Waals surface area contributed by atoms with Crippen molar-refractivity contribution in [2.45, 2.75) is 18.9 Å². The van der Waals surface area contributed by atoms with E-state index in [2.05, 4.69) is 29.2 Å². The zero-order valence-electron chi connectivity index (χ0n) is 9.47. The summed E-state index contributed by atoms with van der Waals surface area (Å²) in [5.74, 6) is 0. The summed E-state index contributed by atoms with van der Waals surface area (Å²) in [6, 6.07) is 8.52. The second-order valence-corrected chi connectivity index (χ2v) is 4.41. The van der Waals surface area contributed by atoms with Crippen molar-refractivity contribution in [2.24, 2.45) is 0 Å². The molecule has 1 unspecified atom stereocenters. The molecule has 0 saturated carbocycles. The number of aliphatic hydroxyl groups is 2. The van der Waals surface area contributed by atoms with E-state index in [0.717, 1.165) is 25.9 Å². The molecule has 1 aromatic rings. The molecule has 16 heavy (non-hydrogen) atoms. The first kappa shape index (κ1) is 11.6. The summed E-state index contributed by atoms with van der Waals surface area (Å²) in [5.41, 5.74) is 2.84. The van der Waals surface area contributed by atoms with Crippen LogP contribution in [0.2, 0.25) is 0 Å². The minimum Gasteiger partial charge on any atom is -0.394 e. The summed E-state index contributed by atoms with van der Waals surface area (Å²) >= 11 is 0. The molecule has 1 aliphatic heterocycles. The molecule has 3 heteroatoms. The summed E-state index contributed by atoms with van der Waals surface area (Å²) in [5, 5.41) is 18.3. The molecule has 3 nitrogen and oxygen atoms in total. The molecule has 0 radical (unpaired) electrons. The van der Waals surface area contributed by atoms with Crippen molar-refractivity contribution >= 4 is 0 Å². The lowest BCUT2D eigenvalue weighted by molar-refractivity contribution is 0.0605. The average Bonchev–Trinajstić information content (AvgIpc) is 2.52. The van der Waals surface area contributed by atoms with Crippen molar-refractivity contribution in [3.63, 3.8) is 0 Å². The highest BCUT2D eigenvalue weighted by Gasteiger charge is 2.15. The molecule has 0 aliphatic carbocycles. The van der Waals surface area contributed by atoms with Crippen molar-refractivity contribution in [2.75, 3.05) is 26.2 Å². The largest absolute Gasteiger partial charge is 0.394 e. The predicted molar refractivity (Wildman–Crippen MR) is 63.4 cm³/mol. The van der Waals surface area contributed by atoms with Gasteiger partial charge in [-0.1, -0.05) is 24.3 Å². The third-order valence-electron chi connectivity index (χ3n) is 3.19. The van der Waals surface area contributed by atoms with Gasteiger partial charge in [-0.15, -0.1) is 0 Å². The summed E-state index contributed by atoms with van der Waals surface area (Å²) in [4.78, 5) is 2.22. The van der Waals surface area contributed by atoms with E-state index in [1.54, 1.807) is 0 Å². The van der Waals surface area contributed by atoms with Crippen molar-refractivity contribution < 1.29 is 10.2 Å². The van der Waals surface area contributed by atoms with Gasteiger partial charge in [-0.05, 0) is 24.0 Å². The van der Waals surface area contributed by atoms with E-state index in [4.69, 9.17) is 5.11 Å². The van der Waals surface area contributed by atoms with Crippen LogP contribution in [-0.2, 0) is 12.8 Å². The van der Waals surface area contributed by atoms with Gasteiger partial charge in [0.05, 0.1) is 12.7 Å². The Morgan fingerprint density at radius 3 is 2.19 bits per heavy atom. The predicted octanol–water partition coefficient (Wildman–Crippen LogP) is 0.440. The maximum atomic E-state index is 9.43. The topological polar surface area (TPSA) is 43.7 Å². The highest BCUT2D eigenvalue weighted by molar-refractivity contribution is 5.28. The molecule has 1 atom stereocenters. The first-order valence-corrected chi connectivity index (χ1v) is 5.87. The first-order valence-electron chi connectivity index (χ1n) is 5.87. The number of β-amino-alcohol motifs (C(OH)–C–C–N with tert-alkyl or cyclic N) is 1. The van der Waals surface area contributed by atoms with Crippen LogP contribution in [0.3, 0.4) is 0 Å². The lowest BCUT2D eigenvalue weighted by atomic mass is 10.0. The molecular weight excluding hydrogens is 202 g/mol. The van der Waals surface area contributed by atoms with E-state index in [1.807, 2.05) is 0 Å². The lowest BCUT2D eigenvalue weighted by Gasteiger charge is -2.21. The number of hydrogen-bond donors (Lipinski definition) is 2. The third kappa shape index (κ3) is 2.82. The molecule has 0 saturated heterocycles. The molecule has 1 heterocycles. The normalized spacial score (nSPS) is 18.9. The van der Waals surface area contributed by atoms with E-state index in [0.29, 0.717) is 6.54 Å². The van der Waals surface area contributed by atoms with Gasteiger partial charge in [0.25, 0.3) is 0 Å². The molecular formula is C13H19NO2.